The summed E-state index contributed by atoms with van der Waals surface area (Å²) in [5.41, 5.74) is 1.32. The summed E-state index contributed by atoms with van der Waals surface area (Å²) < 4.78 is 0.308. The predicted molar refractivity (Wildman–Crippen MR) is 104 cm³/mol. The van der Waals surface area contributed by atoms with E-state index in [0.29, 0.717) is 4.75 Å². The van der Waals surface area contributed by atoms with Crippen LogP contribution in [-0.4, -0.2) is 31.3 Å². The zero-order chi connectivity index (χ0) is 14.4. The first-order chi connectivity index (χ1) is 9.67. The fourth-order valence-electron chi connectivity index (χ4n) is 2.71. The Labute approximate surface area is 149 Å². The van der Waals surface area contributed by atoms with Crippen molar-refractivity contribution in [1.82, 2.24) is 10.6 Å². The molecule has 0 atom stereocenters. The van der Waals surface area contributed by atoms with Crippen molar-refractivity contribution < 1.29 is 0 Å². The number of hydrogen-bond donors (Lipinski definition) is 2. The van der Waals surface area contributed by atoms with Crippen molar-refractivity contribution in [2.24, 2.45) is 4.99 Å². The molecular weight excluding hydrogens is 393 g/mol. The van der Waals surface area contributed by atoms with Gasteiger partial charge >= 0.3 is 0 Å². The SMILES string of the molecule is CN=C(NC)NCC1(Sc2ccc(C)cc2)CCCC1.I. The van der Waals surface area contributed by atoms with Crippen molar-refractivity contribution in [3.05, 3.63) is 29.8 Å². The van der Waals surface area contributed by atoms with Crippen LogP contribution in [0.1, 0.15) is 31.2 Å². The lowest BCUT2D eigenvalue weighted by molar-refractivity contribution is 0.585. The normalized spacial score (nSPS) is 17.2. The lowest BCUT2D eigenvalue weighted by atomic mass is 10.1. The van der Waals surface area contributed by atoms with Gasteiger partial charge in [0.2, 0.25) is 0 Å². The van der Waals surface area contributed by atoms with Crippen molar-refractivity contribution >= 4 is 41.7 Å². The summed E-state index contributed by atoms with van der Waals surface area (Å²) in [7, 11) is 3.72. The van der Waals surface area contributed by atoms with Crippen LogP contribution in [0.15, 0.2) is 34.2 Å². The summed E-state index contributed by atoms with van der Waals surface area (Å²) >= 11 is 2.03. The summed E-state index contributed by atoms with van der Waals surface area (Å²) in [5, 5.41) is 6.55. The molecule has 1 aliphatic rings. The van der Waals surface area contributed by atoms with E-state index in [4.69, 9.17) is 0 Å². The van der Waals surface area contributed by atoms with E-state index in [9.17, 15) is 0 Å². The van der Waals surface area contributed by atoms with E-state index in [-0.39, 0.29) is 24.0 Å². The number of rotatable bonds is 4. The Kier molecular flexibility index (Phi) is 7.87. The molecule has 21 heavy (non-hydrogen) atoms. The minimum Gasteiger partial charge on any atom is -0.359 e. The minimum absolute atomic E-state index is 0. The Morgan fingerprint density at radius 1 is 1.24 bits per heavy atom. The maximum absolute atomic E-state index is 4.20. The second-order valence-electron chi connectivity index (χ2n) is 5.48. The third-order valence-corrected chi connectivity index (χ3v) is 5.40. The fraction of sp³-hybridized carbons (Fsp3) is 0.562. The first kappa shape index (κ1) is 18.6. The zero-order valence-electron chi connectivity index (χ0n) is 13.1. The average Bonchev–Trinajstić information content (AvgIpc) is 2.91. The number of nitrogens with one attached hydrogen (secondary N) is 2. The van der Waals surface area contributed by atoms with Gasteiger partial charge in [0.05, 0.1) is 0 Å². The number of thioether (sulfide) groups is 1. The number of aliphatic imine (C=N–C) groups is 1. The van der Waals surface area contributed by atoms with Gasteiger partial charge in [-0.1, -0.05) is 30.5 Å². The van der Waals surface area contributed by atoms with E-state index in [0.717, 1.165) is 12.5 Å². The summed E-state index contributed by atoms with van der Waals surface area (Å²) in [6.07, 6.45) is 5.22. The zero-order valence-corrected chi connectivity index (χ0v) is 16.3. The molecule has 5 heteroatoms. The van der Waals surface area contributed by atoms with Gasteiger partial charge in [0.1, 0.15) is 0 Å². The molecule has 118 valence electrons. The van der Waals surface area contributed by atoms with Gasteiger partial charge in [-0.25, -0.2) is 0 Å². The van der Waals surface area contributed by atoms with Gasteiger partial charge in [-0.15, -0.1) is 35.7 Å². The second-order valence-corrected chi connectivity index (χ2v) is 7.02. The highest BCUT2D eigenvalue weighted by Crippen LogP contribution is 2.44. The molecule has 0 radical (unpaired) electrons. The van der Waals surface area contributed by atoms with Crippen molar-refractivity contribution in [3.8, 4) is 0 Å². The molecular formula is C16H26IN3S. The number of guanidine groups is 1. The van der Waals surface area contributed by atoms with Crippen LogP contribution in [0.3, 0.4) is 0 Å². The Morgan fingerprint density at radius 2 is 1.86 bits per heavy atom. The molecule has 0 bridgehead atoms. The first-order valence-electron chi connectivity index (χ1n) is 7.31. The van der Waals surface area contributed by atoms with Crippen LogP contribution in [0.5, 0.6) is 0 Å². The Balaban J connectivity index is 0.00000220. The molecule has 1 aromatic rings. The largest absolute Gasteiger partial charge is 0.359 e. The third-order valence-electron chi connectivity index (χ3n) is 3.91. The van der Waals surface area contributed by atoms with E-state index in [1.54, 1.807) is 0 Å². The maximum atomic E-state index is 4.20. The van der Waals surface area contributed by atoms with Crippen molar-refractivity contribution in [2.75, 3.05) is 20.6 Å². The molecule has 1 aliphatic carbocycles. The van der Waals surface area contributed by atoms with E-state index >= 15 is 0 Å². The molecule has 3 nitrogen and oxygen atoms in total. The van der Waals surface area contributed by atoms with Gasteiger partial charge in [-0.05, 0) is 31.9 Å². The van der Waals surface area contributed by atoms with Gasteiger partial charge < -0.3 is 10.6 Å². The third kappa shape index (κ3) is 5.36. The number of aryl methyl sites for hydroxylation is 1. The van der Waals surface area contributed by atoms with Crippen molar-refractivity contribution in [3.63, 3.8) is 0 Å². The molecule has 1 aromatic carbocycles. The Morgan fingerprint density at radius 3 is 2.38 bits per heavy atom. The Bertz CT molecular complexity index is 453. The first-order valence-corrected chi connectivity index (χ1v) is 8.13. The summed E-state index contributed by atoms with van der Waals surface area (Å²) in [6.45, 7) is 3.11. The van der Waals surface area contributed by atoms with Gasteiger partial charge in [0, 0.05) is 30.3 Å². The molecule has 2 N–H and O–H groups in total. The molecule has 0 aliphatic heterocycles. The maximum Gasteiger partial charge on any atom is 0.190 e. The van der Waals surface area contributed by atoms with Gasteiger partial charge in [0.15, 0.2) is 5.96 Å². The van der Waals surface area contributed by atoms with Crippen LogP contribution in [-0.2, 0) is 0 Å². The average molecular weight is 419 g/mol. The van der Waals surface area contributed by atoms with E-state index < -0.39 is 0 Å². The molecule has 0 heterocycles. The number of benzene rings is 1. The topological polar surface area (TPSA) is 36.4 Å². The van der Waals surface area contributed by atoms with Gasteiger partial charge in [0.25, 0.3) is 0 Å². The van der Waals surface area contributed by atoms with Crippen LogP contribution in [0.25, 0.3) is 0 Å². The molecule has 2 rings (SSSR count). The fourth-order valence-corrected chi connectivity index (χ4v) is 4.12. The summed E-state index contributed by atoms with van der Waals surface area (Å²) in [4.78, 5) is 5.58. The molecule has 1 saturated carbocycles. The van der Waals surface area contributed by atoms with E-state index in [2.05, 4.69) is 46.8 Å². The van der Waals surface area contributed by atoms with Crippen molar-refractivity contribution in [1.29, 1.82) is 0 Å². The monoisotopic (exact) mass is 419 g/mol. The highest BCUT2D eigenvalue weighted by Gasteiger charge is 2.35. The van der Waals surface area contributed by atoms with Crippen LogP contribution in [0.2, 0.25) is 0 Å². The quantitative estimate of drug-likeness (QED) is 0.443. The second kappa shape index (κ2) is 8.88. The lowest BCUT2D eigenvalue weighted by Gasteiger charge is -2.29. The van der Waals surface area contributed by atoms with Crippen LogP contribution in [0, 0.1) is 6.92 Å². The van der Waals surface area contributed by atoms with Crippen LogP contribution >= 0.6 is 35.7 Å². The standard InChI is InChI=1S/C16H25N3S.HI/c1-13-6-8-14(9-7-13)20-16(10-4-5-11-16)12-19-15(17-2)18-3;/h6-9H,4-5,10-12H2,1-3H3,(H2,17,18,19);1H. The molecule has 0 saturated heterocycles. The summed E-state index contributed by atoms with van der Waals surface area (Å²) in [5.74, 6) is 0.876. The van der Waals surface area contributed by atoms with Gasteiger partial charge in [-0.3, -0.25) is 4.99 Å². The van der Waals surface area contributed by atoms with Crippen LogP contribution in [0.4, 0.5) is 0 Å². The smallest absolute Gasteiger partial charge is 0.190 e. The predicted octanol–water partition coefficient (Wildman–Crippen LogP) is 3.81. The highest BCUT2D eigenvalue weighted by molar-refractivity contribution is 14.0. The van der Waals surface area contributed by atoms with E-state index in [1.165, 1.54) is 36.1 Å². The van der Waals surface area contributed by atoms with Gasteiger partial charge in [-0.2, -0.15) is 0 Å². The molecule has 0 amide bonds. The molecule has 0 aromatic heterocycles. The molecule has 0 spiro atoms. The lowest BCUT2D eigenvalue weighted by Crippen LogP contribution is -2.43. The van der Waals surface area contributed by atoms with Crippen molar-refractivity contribution in [2.45, 2.75) is 42.2 Å². The van der Waals surface area contributed by atoms with E-state index in [1.807, 2.05) is 25.9 Å². The van der Waals surface area contributed by atoms with Crippen LogP contribution < -0.4 is 10.6 Å². The Hall–Kier alpha value is -0.430. The summed E-state index contributed by atoms with van der Waals surface area (Å²) in [6, 6.07) is 8.88. The number of halogens is 1. The number of nitrogens with zero attached hydrogens (tertiary/aromatic N) is 1. The minimum atomic E-state index is 0. The highest BCUT2D eigenvalue weighted by atomic mass is 127. The molecule has 0 unspecified atom stereocenters. The molecule has 1 fully saturated rings. The number of hydrogen-bond acceptors (Lipinski definition) is 2.